The zero-order valence-electron chi connectivity index (χ0n) is 11.9. The summed E-state index contributed by atoms with van der Waals surface area (Å²) in [5.41, 5.74) is 1.22. The summed E-state index contributed by atoms with van der Waals surface area (Å²) in [5.74, 6) is -1.25. The second-order valence-electron chi connectivity index (χ2n) is 5.57. The highest BCUT2D eigenvalue weighted by Gasteiger charge is 2.37. The molecule has 1 aliphatic rings. The van der Waals surface area contributed by atoms with E-state index in [1.807, 2.05) is 18.2 Å². The van der Waals surface area contributed by atoms with Crippen LogP contribution in [0, 0.1) is 5.92 Å². The van der Waals surface area contributed by atoms with E-state index in [1.54, 1.807) is 0 Å². The zero-order valence-corrected chi connectivity index (χ0v) is 12.6. The minimum atomic E-state index is -3.83. The molecule has 21 heavy (non-hydrogen) atoms. The van der Waals surface area contributed by atoms with Crippen LogP contribution in [0.5, 0.6) is 0 Å². The fraction of sp³-hybridized carbons (Fsp3) is 0.533. The van der Waals surface area contributed by atoms with Crippen LogP contribution in [0.2, 0.25) is 0 Å². The van der Waals surface area contributed by atoms with Crippen LogP contribution in [-0.4, -0.2) is 35.3 Å². The lowest BCUT2D eigenvalue weighted by Crippen LogP contribution is -2.39. The van der Waals surface area contributed by atoms with Crippen LogP contribution in [-0.2, 0) is 11.3 Å². The molecule has 0 spiro atoms. The number of carbonyl (C=O) groups is 1. The van der Waals surface area contributed by atoms with Gasteiger partial charge in [-0.3, -0.25) is 9.69 Å². The van der Waals surface area contributed by atoms with Crippen LogP contribution in [0.1, 0.15) is 18.9 Å². The van der Waals surface area contributed by atoms with Crippen LogP contribution in [0.25, 0.3) is 0 Å². The van der Waals surface area contributed by atoms with Crippen molar-refractivity contribution in [2.24, 2.45) is 5.92 Å². The first-order valence-corrected chi connectivity index (χ1v) is 7.37. The molecule has 2 rings (SSSR count). The predicted molar refractivity (Wildman–Crippen MR) is 78.2 cm³/mol. The Morgan fingerprint density at radius 1 is 1.43 bits per heavy atom. The number of hydrogen-bond donors (Lipinski definition) is 1. The van der Waals surface area contributed by atoms with E-state index in [0.717, 1.165) is 19.5 Å². The standard InChI is InChI=1S/C15H19ClF2N2O/c1-11-7-13(8-19-14(21)15(16,17)18)10-20(11)9-12-5-3-2-4-6-12/h2-6,11,13H,7-10H2,1H3,(H,19,21)/t11-,13+/m1/s1. The summed E-state index contributed by atoms with van der Waals surface area (Å²) in [7, 11) is 0. The minimum Gasteiger partial charge on any atom is -0.349 e. The number of carbonyl (C=O) groups excluding carboxylic acids is 1. The van der Waals surface area contributed by atoms with Crippen molar-refractivity contribution in [3.05, 3.63) is 35.9 Å². The Balaban J connectivity index is 1.82. The van der Waals surface area contributed by atoms with Gasteiger partial charge in [-0.1, -0.05) is 30.3 Å². The van der Waals surface area contributed by atoms with E-state index in [0.29, 0.717) is 6.04 Å². The second-order valence-corrected chi connectivity index (χ2v) is 6.05. The van der Waals surface area contributed by atoms with Crippen molar-refractivity contribution < 1.29 is 13.6 Å². The van der Waals surface area contributed by atoms with Gasteiger partial charge in [-0.2, -0.15) is 8.78 Å². The zero-order chi connectivity index (χ0) is 15.5. The molecule has 1 aromatic rings. The summed E-state index contributed by atoms with van der Waals surface area (Å²) in [6.45, 7) is 3.96. The molecule has 1 fully saturated rings. The summed E-state index contributed by atoms with van der Waals surface area (Å²) in [6, 6.07) is 10.5. The van der Waals surface area contributed by atoms with Gasteiger partial charge in [0.2, 0.25) is 0 Å². The van der Waals surface area contributed by atoms with Crippen molar-refractivity contribution in [2.45, 2.75) is 31.3 Å². The van der Waals surface area contributed by atoms with Crippen molar-refractivity contribution in [1.29, 1.82) is 0 Å². The second kappa shape index (κ2) is 6.71. The normalized spacial score (nSPS) is 23.2. The fourth-order valence-electron chi connectivity index (χ4n) is 2.74. The van der Waals surface area contributed by atoms with Crippen molar-refractivity contribution in [2.75, 3.05) is 13.1 Å². The quantitative estimate of drug-likeness (QED) is 0.847. The van der Waals surface area contributed by atoms with Gasteiger partial charge in [0.25, 0.3) is 0 Å². The largest absolute Gasteiger partial charge is 0.399 e. The first-order chi connectivity index (χ1) is 9.86. The highest BCUT2D eigenvalue weighted by molar-refractivity contribution is 6.32. The molecule has 0 unspecified atom stereocenters. The molecule has 6 heteroatoms. The average Bonchev–Trinajstić information content (AvgIpc) is 2.76. The molecular formula is C15H19ClF2N2O. The topological polar surface area (TPSA) is 32.3 Å². The lowest BCUT2D eigenvalue weighted by atomic mass is 10.1. The molecular weight excluding hydrogens is 298 g/mol. The SMILES string of the molecule is C[C@@H]1C[C@@H](CNC(=O)C(F)(F)Cl)CN1Cc1ccccc1. The molecule has 3 nitrogen and oxygen atoms in total. The third-order valence-corrected chi connectivity index (χ3v) is 4.00. The minimum absolute atomic E-state index is 0.173. The molecule has 0 radical (unpaired) electrons. The van der Waals surface area contributed by atoms with E-state index in [-0.39, 0.29) is 12.5 Å². The van der Waals surface area contributed by atoms with Gasteiger partial charge in [0.1, 0.15) is 0 Å². The number of halogens is 3. The van der Waals surface area contributed by atoms with E-state index in [9.17, 15) is 13.6 Å². The van der Waals surface area contributed by atoms with Gasteiger partial charge in [-0.25, -0.2) is 0 Å². The van der Waals surface area contributed by atoms with Gasteiger partial charge < -0.3 is 5.32 Å². The Bertz CT molecular complexity index is 478. The van der Waals surface area contributed by atoms with Gasteiger partial charge in [-0.15, -0.1) is 0 Å². The van der Waals surface area contributed by atoms with Crippen molar-refractivity contribution in [1.82, 2.24) is 10.2 Å². The molecule has 1 aromatic carbocycles. The highest BCUT2D eigenvalue weighted by Crippen LogP contribution is 2.25. The Morgan fingerprint density at radius 2 is 2.10 bits per heavy atom. The fourth-order valence-corrected chi connectivity index (χ4v) is 2.81. The number of nitrogens with one attached hydrogen (secondary N) is 1. The number of rotatable bonds is 5. The van der Waals surface area contributed by atoms with Crippen molar-refractivity contribution in [3.8, 4) is 0 Å². The Morgan fingerprint density at radius 3 is 2.71 bits per heavy atom. The highest BCUT2D eigenvalue weighted by atomic mass is 35.5. The van der Waals surface area contributed by atoms with Crippen LogP contribution >= 0.6 is 11.6 Å². The monoisotopic (exact) mass is 316 g/mol. The summed E-state index contributed by atoms with van der Waals surface area (Å²) >= 11 is 4.68. The van der Waals surface area contributed by atoms with Crippen LogP contribution in [0.4, 0.5) is 8.78 Å². The molecule has 0 saturated carbocycles. The molecule has 1 saturated heterocycles. The summed E-state index contributed by atoms with van der Waals surface area (Å²) in [4.78, 5) is 13.4. The molecule has 116 valence electrons. The van der Waals surface area contributed by atoms with E-state index >= 15 is 0 Å². The molecule has 1 amide bonds. The molecule has 2 atom stereocenters. The Kier molecular flexibility index (Phi) is 5.17. The number of nitrogens with zero attached hydrogens (tertiary/aromatic N) is 1. The van der Waals surface area contributed by atoms with Gasteiger partial charge >= 0.3 is 11.3 Å². The summed E-state index contributed by atoms with van der Waals surface area (Å²) in [5, 5.41) is -1.60. The van der Waals surface area contributed by atoms with E-state index in [2.05, 4.69) is 40.9 Å². The Labute approximate surface area is 128 Å². The molecule has 1 heterocycles. The van der Waals surface area contributed by atoms with Crippen LogP contribution < -0.4 is 5.32 Å². The van der Waals surface area contributed by atoms with Crippen LogP contribution in [0.15, 0.2) is 30.3 Å². The third-order valence-electron chi connectivity index (χ3n) is 3.83. The number of benzene rings is 1. The van der Waals surface area contributed by atoms with Gasteiger partial charge in [0.15, 0.2) is 0 Å². The number of amides is 1. The number of hydrogen-bond acceptors (Lipinski definition) is 2. The van der Waals surface area contributed by atoms with Crippen molar-refractivity contribution in [3.63, 3.8) is 0 Å². The maximum absolute atomic E-state index is 12.6. The lowest BCUT2D eigenvalue weighted by Gasteiger charge is -2.21. The molecule has 0 aliphatic carbocycles. The van der Waals surface area contributed by atoms with Gasteiger partial charge in [-0.05, 0) is 36.4 Å². The van der Waals surface area contributed by atoms with E-state index in [4.69, 9.17) is 0 Å². The number of alkyl halides is 3. The van der Waals surface area contributed by atoms with Gasteiger partial charge in [0, 0.05) is 25.7 Å². The first kappa shape index (κ1) is 16.2. The summed E-state index contributed by atoms with van der Waals surface area (Å²) in [6.07, 6.45) is 0.876. The van der Waals surface area contributed by atoms with Gasteiger partial charge in [0.05, 0.1) is 0 Å². The molecule has 0 bridgehead atoms. The summed E-state index contributed by atoms with van der Waals surface area (Å²) < 4.78 is 25.1. The van der Waals surface area contributed by atoms with E-state index < -0.39 is 11.3 Å². The first-order valence-electron chi connectivity index (χ1n) is 6.99. The van der Waals surface area contributed by atoms with Crippen LogP contribution in [0.3, 0.4) is 0 Å². The van der Waals surface area contributed by atoms with E-state index in [1.165, 1.54) is 5.56 Å². The average molecular weight is 317 g/mol. The smallest absolute Gasteiger partial charge is 0.349 e. The molecule has 0 aromatic heterocycles. The predicted octanol–water partition coefficient (Wildman–Crippen LogP) is 2.84. The maximum Gasteiger partial charge on any atom is 0.399 e. The molecule has 1 N–H and O–H groups in total. The lowest BCUT2D eigenvalue weighted by molar-refractivity contribution is -0.135. The van der Waals surface area contributed by atoms with Crippen molar-refractivity contribution >= 4 is 17.5 Å². The number of likely N-dealkylation sites (tertiary alicyclic amines) is 1. The molecule has 1 aliphatic heterocycles. The Hall–Kier alpha value is -1.20. The maximum atomic E-state index is 12.6. The third kappa shape index (κ3) is 4.64.